The number of primary amides is 2. The lowest BCUT2D eigenvalue weighted by atomic mass is 9.90. The molecule has 1 aromatic carbocycles. The topological polar surface area (TPSA) is 499 Å². The van der Waals surface area contributed by atoms with Crippen molar-refractivity contribution in [1.82, 2.24) is 56.6 Å². The van der Waals surface area contributed by atoms with E-state index in [1.165, 1.54) is 25.1 Å². The Morgan fingerprint density at radius 2 is 1.38 bits per heavy atom. The average molecular weight is 1210 g/mol. The lowest BCUT2D eigenvalue weighted by molar-refractivity contribution is -0.145. The highest BCUT2D eigenvalue weighted by Crippen LogP contribution is 2.23. The van der Waals surface area contributed by atoms with Gasteiger partial charge in [-0.25, -0.2) is 4.98 Å². The van der Waals surface area contributed by atoms with E-state index in [1.807, 2.05) is 0 Å². The van der Waals surface area contributed by atoms with Gasteiger partial charge in [0.15, 0.2) is 11.9 Å². The number of unbranched alkanes of at least 4 members (excludes halogenated alkanes) is 1. The van der Waals surface area contributed by atoms with E-state index < -0.39 is 126 Å². The predicted molar refractivity (Wildman–Crippen MR) is 314 cm³/mol. The van der Waals surface area contributed by atoms with Gasteiger partial charge in [0.2, 0.25) is 65.0 Å². The summed E-state index contributed by atoms with van der Waals surface area (Å²) in [6.45, 7) is 5.37. The van der Waals surface area contributed by atoms with Gasteiger partial charge in [-0.3, -0.25) is 62.7 Å². The SMILES string of the molecule is CC(C)NC(=O)[C@@H]1C[C@@H](O)CN1C(=O)[C@H](CC(N)=O)NC(=O)CN(CCc1ccccc1)C(=O)[C@H](CCCN=C(N)N)NC(=O)[C@@H]1CCCN1C(=O)[C@H](CCCCN=C(N)N)NC(=O)[C@H](CCC(N)=O)NC(=O)C(C)(C)C(=O)NCCc1cnc[nH]1. The Kier molecular flexibility index (Phi) is 27.6. The second-order valence-electron chi connectivity index (χ2n) is 22.1. The zero-order chi connectivity index (χ0) is 63.7. The summed E-state index contributed by atoms with van der Waals surface area (Å²) in [7, 11) is 0. The average Bonchev–Trinajstić information content (AvgIpc) is 2.36. The number of nitrogens with one attached hydrogen (secondary N) is 7. The van der Waals surface area contributed by atoms with E-state index in [1.54, 1.807) is 50.4 Å². The van der Waals surface area contributed by atoms with Crippen molar-refractivity contribution in [2.24, 2.45) is 49.8 Å². The number of aliphatic imine (C=N–C) groups is 2. The Bertz CT molecular complexity index is 2720. The molecule has 2 aliphatic heterocycles. The molecule has 7 atom stereocenters. The minimum atomic E-state index is -1.74. The quantitative estimate of drug-likeness (QED) is 0.0133. The largest absolute Gasteiger partial charge is 0.391 e. The van der Waals surface area contributed by atoms with E-state index in [-0.39, 0.29) is 115 Å². The van der Waals surface area contributed by atoms with Crippen LogP contribution in [-0.2, 0) is 65.6 Å². The first-order valence-electron chi connectivity index (χ1n) is 28.7. The number of nitrogens with two attached hydrogens (primary N) is 6. The van der Waals surface area contributed by atoms with Crippen LogP contribution in [0, 0.1) is 5.41 Å². The Hall–Kier alpha value is -8.90. The van der Waals surface area contributed by atoms with Gasteiger partial charge in [0.05, 0.1) is 25.4 Å². The number of aliphatic hydroxyl groups is 1. The highest BCUT2D eigenvalue weighted by atomic mass is 16.3. The van der Waals surface area contributed by atoms with Crippen molar-refractivity contribution in [3.63, 3.8) is 0 Å². The molecule has 31 nitrogen and oxygen atoms in total. The number of amides is 11. The molecule has 0 aliphatic carbocycles. The number of imidazole rings is 1. The molecule has 0 spiro atoms. The zero-order valence-electron chi connectivity index (χ0n) is 49.4. The molecule has 86 heavy (non-hydrogen) atoms. The van der Waals surface area contributed by atoms with Gasteiger partial charge in [-0.05, 0) is 91.0 Å². The number of carbonyl (C=O) groups excluding carboxylic acids is 11. The van der Waals surface area contributed by atoms with E-state index in [9.17, 15) is 57.8 Å². The van der Waals surface area contributed by atoms with Gasteiger partial charge in [-0.2, -0.15) is 0 Å². The highest BCUT2D eigenvalue weighted by Gasteiger charge is 2.44. The van der Waals surface area contributed by atoms with Gasteiger partial charge < -0.3 is 91.1 Å². The number of benzene rings is 1. The number of likely N-dealkylation sites (tertiary alicyclic amines) is 2. The molecule has 474 valence electrons. The van der Waals surface area contributed by atoms with Gasteiger partial charge in [-0.1, -0.05) is 30.3 Å². The van der Waals surface area contributed by atoms with Crippen molar-refractivity contribution in [2.45, 2.75) is 160 Å². The molecule has 3 heterocycles. The molecule has 2 aliphatic rings. The highest BCUT2D eigenvalue weighted by molar-refractivity contribution is 6.06. The van der Waals surface area contributed by atoms with Crippen LogP contribution in [0.1, 0.15) is 110 Å². The molecule has 0 radical (unpaired) electrons. The van der Waals surface area contributed by atoms with E-state index >= 15 is 0 Å². The number of hydrogen-bond donors (Lipinski definition) is 14. The lowest BCUT2D eigenvalue weighted by Gasteiger charge is -2.32. The number of rotatable bonds is 35. The monoisotopic (exact) mass is 1210 g/mol. The van der Waals surface area contributed by atoms with Crippen LogP contribution >= 0.6 is 0 Å². The Balaban J connectivity index is 1.63. The maximum Gasteiger partial charge on any atom is 0.246 e. The van der Waals surface area contributed by atoms with Crippen molar-refractivity contribution >= 4 is 76.9 Å². The number of H-pyrrole nitrogens is 1. The van der Waals surface area contributed by atoms with Crippen LogP contribution in [0.4, 0.5) is 0 Å². The molecule has 1 aromatic heterocycles. The van der Waals surface area contributed by atoms with Crippen molar-refractivity contribution in [3.8, 4) is 0 Å². The van der Waals surface area contributed by atoms with Crippen LogP contribution in [-0.4, -0.2) is 201 Å². The molecule has 4 rings (SSSR count). The molecular formula is C55H87N19O12. The van der Waals surface area contributed by atoms with E-state index in [0.717, 1.165) is 21.1 Å². The summed E-state index contributed by atoms with van der Waals surface area (Å²) >= 11 is 0. The van der Waals surface area contributed by atoms with Crippen LogP contribution in [0.5, 0.6) is 0 Å². The number of aromatic amines is 1. The molecule has 2 aromatic rings. The molecule has 0 bridgehead atoms. The fraction of sp³-hybridized carbons (Fsp3) is 0.600. The molecule has 2 saturated heterocycles. The number of guanidine groups is 2. The van der Waals surface area contributed by atoms with Gasteiger partial charge in [0, 0.05) is 76.5 Å². The standard InChI is InChI=1S/C55H87N19O12/c1-32(2)67-47(81)41-26-35(75)29-74(41)50(84)39(27-43(57)77)68-44(78)30-72(25-20-33-12-6-5-7-13-33)48(82)37(15-10-22-65-54(60)61)70-46(80)40-16-11-24-73(40)49(83)38(14-8-9-21-64-53(58)59)69-45(79)36(17-18-42(56)76)71-52(86)55(3,4)51(85)63-23-19-34-28-62-31-66-34/h5-7,12-13,28,31-32,35-41,75H,8-11,14-27,29-30H2,1-4H3,(H2,56,76)(H2,57,77)(H,62,66)(H,63,85)(H,67,81)(H,68,78)(H,69,79)(H,70,80)(H,71,86)(H4,58,59,64)(H4,60,61,65)/t35-,36+,37+,38+,39+,40+,41+/m1/s1. The Morgan fingerprint density at radius 3 is 2.01 bits per heavy atom. The van der Waals surface area contributed by atoms with Crippen LogP contribution < -0.4 is 66.3 Å². The van der Waals surface area contributed by atoms with Crippen molar-refractivity contribution < 1.29 is 57.8 Å². The second-order valence-corrected chi connectivity index (χ2v) is 22.1. The Labute approximate surface area is 499 Å². The number of nitrogens with zero attached hydrogens (tertiary/aromatic N) is 6. The normalized spacial score (nSPS) is 17.0. The van der Waals surface area contributed by atoms with Crippen LogP contribution in [0.2, 0.25) is 0 Å². The molecule has 11 amide bonds. The summed E-state index contributed by atoms with van der Waals surface area (Å²) in [5, 5.41) is 26.5. The van der Waals surface area contributed by atoms with Gasteiger partial charge in [0.1, 0.15) is 41.7 Å². The fourth-order valence-corrected chi connectivity index (χ4v) is 9.78. The van der Waals surface area contributed by atoms with Crippen LogP contribution in [0.15, 0.2) is 52.8 Å². The first-order valence-corrected chi connectivity index (χ1v) is 28.7. The van der Waals surface area contributed by atoms with Crippen LogP contribution in [0.25, 0.3) is 0 Å². The number of β-amino-alcohol motifs (C(OH)–C–C–N with tert-alkyl or cyclic N) is 1. The fourth-order valence-electron chi connectivity index (χ4n) is 9.78. The maximum absolute atomic E-state index is 15.0. The van der Waals surface area contributed by atoms with Crippen LogP contribution in [0.3, 0.4) is 0 Å². The third kappa shape index (κ3) is 22.6. The van der Waals surface area contributed by atoms with Gasteiger partial charge in [0.25, 0.3) is 0 Å². The third-order valence-corrected chi connectivity index (χ3v) is 14.4. The summed E-state index contributed by atoms with van der Waals surface area (Å²) in [6.07, 6.45) is 2.08. The summed E-state index contributed by atoms with van der Waals surface area (Å²) in [5.41, 5.74) is 33.1. The molecule has 20 N–H and O–H groups in total. The summed E-state index contributed by atoms with van der Waals surface area (Å²) in [5.74, 6) is -9.20. The minimum absolute atomic E-state index is 0.0155. The minimum Gasteiger partial charge on any atom is -0.391 e. The first-order chi connectivity index (χ1) is 40.7. The third-order valence-electron chi connectivity index (χ3n) is 14.4. The lowest BCUT2D eigenvalue weighted by Crippen LogP contribution is -2.59. The summed E-state index contributed by atoms with van der Waals surface area (Å²) < 4.78 is 0. The Morgan fingerprint density at radius 1 is 0.733 bits per heavy atom. The van der Waals surface area contributed by atoms with Crippen molar-refractivity contribution in [1.29, 1.82) is 0 Å². The number of aromatic nitrogens is 2. The van der Waals surface area contributed by atoms with Gasteiger partial charge in [-0.15, -0.1) is 0 Å². The molecule has 2 fully saturated rings. The van der Waals surface area contributed by atoms with E-state index in [4.69, 9.17) is 34.4 Å². The molecule has 0 unspecified atom stereocenters. The van der Waals surface area contributed by atoms with Crippen molar-refractivity contribution in [3.05, 3.63) is 54.1 Å². The predicted octanol–water partition coefficient (Wildman–Crippen LogP) is -4.78. The number of carbonyl (C=O) groups is 11. The molecule has 31 heteroatoms. The summed E-state index contributed by atoms with van der Waals surface area (Å²) in [4.78, 5) is 170. The van der Waals surface area contributed by atoms with E-state index in [0.29, 0.717) is 19.3 Å². The first kappa shape index (κ1) is 69.6. The second kappa shape index (κ2) is 34.2. The van der Waals surface area contributed by atoms with Gasteiger partial charge >= 0.3 is 0 Å². The zero-order valence-corrected chi connectivity index (χ0v) is 49.4. The number of aliphatic hydroxyl groups excluding tert-OH is 1. The maximum atomic E-state index is 15.0. The van der Waals surface area contributed by atoms with Crippen molar-refractivity contribution in [2.75, 3.05) is 45.8 Å². The van der Waals surface area contributed by atoms with E-state index in [2.05, 4.69) is 51.9 Å². The molecule has 0 saturated carbocycles. The number of hydrogen-bond acceptors (Lipinski definition) is 15. The molecular weight excluding hydrogens is 1120 g/mol. The smallest absolute Gasteiger partial charge is 0.246 e. The summed E-state index contributed by atoms with van der Waals surface area (Å²) in [6, 6.07) is 0.431.